The van der Waals surface area contributed by atoms with E-state index in [0.717, 1.165) is 10.8 Å². The predicted molar refractivity (Wildman–Crippen MR) is 71.1 cm³/mol. The molecule has 0 saturated heterocycles. The first-order chi connectivity index (χ1) is 8.90. The third-order valence-corrected chi connectivity index (χ3v) is 4.65. The number of nitrogens with zero attached hydrogens (tertiary/aromatic N) is 1. The number of sulfone groups is 1. The van der Waals surface area contributed by atoms with E-state index < -0.39 is 42.0 Å². The number of rotatable bonds is 4. The van der Waals surface area contributed by atoms with Gasteiger partial charge in [-0.05, 0) is 19.4 Å². The average Bonchev–Trinajstić information content (AvgIpc) is 2.21. The molecule has 114 valence electrons. The van der Waals surface area contributed by atoms with Gasteiger partial charge < -0.3 is 5.11 Å². The molecule has 0 aliphatic carbocycles. The molecule has 2 N–H and O–H groups in total. The van der Waals surface area contributed by atoms with Gasteiger partial charge in [-0.25, -0.2) is 8.42 Å². The van der Waals surface area contributed by atoms with E-state index in [0.29, 0.717) is 0 Å². The molecule has 0 fully saturated rings. The van der Waals surface area contributed by atoms with E-state index in [1.54, 1.807) is 0 Å². The van der Waals surface area contributed by atoms with E-state index >= 15 is 0 Å². The van der Waals surface area contributed by atoms with E-state index in [2.05, 4.69) is 0 Å². The van der Waals surface area contributed by atoms with Gasteiger partial charge in [0.05, 0.1) is 0 Å². The SMILES string of the molecule is CCn1c(O)c(S(C)(=O)=O)c(C)c(CS(=O)(=O)O)c1=O. The lowest BCUT2D eigenvalue weighted by molar-refractivity contribution is 0.392. The van der Waals surface area contributed by atoms with E-state index in [4.69, 9.17) is 4.55 Å². The van der Waals surface area contributed by atoms with Crippen LogP contribution in [0, 0.1) is 6.92 Å². The third-order valence-electron chi connectivity index (χ3n) is 2.77. The van der Waals surface area contributed by atoms with Crippen molar-refractivity contribution in [2.24, 2.45) is 0 Å². The highest BCUT2D eigenvalue weighted by molar-refractivity contribution is 7.90. The van der Waals surface area contributed by atoms with Crippen LogP contribution in [0.3, 0.4) is 0 Å². The fourth-order valence-electron chi connectivity index (χ4n) is 1.94. The first-order valence-corrected chi connectivity index (χ1v) is 9.00. The molecule has 1 aromatic heterocycles. The summed E-state index contributed by atoms with van der Waals surface area (Å²) < 4.78 is 54.9. The van der Waals surface area contributed by atoms with Gasteiger partial charge in [0.15, 0.2) is 9.84 Å². The Labute approximate surface area is 116 Å². The molecule has 0 aliphatic heterocycles. The zero-order valence-electron chi connectivity index (χ0n) is 11.1. The first-order valence-electron chi connectivity index (χ1n) is 5.50. The van der Waals surface area contributed by atoms with Crippen molar-refractivity contribution < 1.29 is 26.5 Å². The molecule has 0 radical (unpaired) electrons. The van der Waals surface area contributed by atoms with Crippen LogP contribution in [0.15, 0.2) is 9.69 Å². The number of pyridine rings is 1. The minimum absolute atomic E-state index is 0.0497. The standard InChI is InChI=1S/C10H15NO7S2/c1-4-11-9(12)7(5-20(16,17)18)6(2)8(10(11)13)19(3,14)15/h13H,4-5H2,1-3H3,(H,16,17,18). The molecule has 1 heterocycles. The van der Waals surface area contributed by atoms with E-state index in [1.165, 1.54) is 13.8 Å². The van der Waals surface area contributed by atoms with Crippen LogP contribution in [0.1, 0.15) is 18.1 Å². The maximum Gasteiger partial charge on any atom is 0.269 e. The monoisotopic (exact) mass is 325 g/mol. The summed E-state index contributed by atoms with van der Waals surface area (Å²) in [7, 11) is -8.39. The average molecular weight is 325 g/mol. The van der Waals surface area contributed by atoms with Gasteiger partial charge >= 0.3 is 0 Å². The number of aromatic hydroxyl groups is 1. The summed E-state index contributed by atoms with van der Waals surface area (Å²) in [6, 6.07) is 0. The zero-order valence-corrected chi connectivity index (χ0v) is 12.7. The zero-order chi connectivity index (χ0) is 15.9. The first kappa shape index (κ1) is 16.7. The van der Waals surface area contributed by atoms with Crippen molar-refractivity contribution in [1.29, 1.82) is 0 Å². The molecular weight excluding hydrogens is 310 g/mol. The second-order valence-electron chi connectivity index (χ2n) is 4.30. The molecule has 0 spiro atoms. The molecule has 8 nitrogen and oxygen atoms in total. The highest BCUT2D eigenvalue weighted by Gasteiger charge is 2.26. The lowest BCUT2D eigenvalue weighted by atomic mass is 10.1. The van der Waals surface area contributed by atoms with E-state index in [-0.39, 0.29) is 17.7 Å². The molecule has 0 saturated carbocycles. The Morgan fingerprint density at radius 3 is 2.05 bits per heavy atom. The van der Waals surface area contributed by atoms with Crippen molar-refractivity contribution in [2.45, 2.75) is 31.0 Å². The smallest absolute Gasteiger partial charge is 0.269 e. The van der Waals surface area contributed by atoms with Crippen molar-refractivity contribution in [2.75, 3.05) is 6.26 Å². The summed E-state index contributed by atoms with van der Waals surface area (Å²) >= 11 is 0. The van der Waals surface area contributed by atoms with Crippen LogP contribution in [0.5, 0.6) is 5.88 Å². The lowest BCUT2D eigenvalue weighted by Gasteiger charge is -2.15. The maximum atomic E-state index is 12.0. The Bertz CT molecular complexity index is 803. The van der Waals surface area contributed by atoms with Crippen molar-refractivity contribution in [1.82, 2.24) is 4.57 Å². The van der Waals surface area contributed by atoms with Gasteiger partial charge in [0.2, 0.25) is 5.88 Å². The molecule has 10 heteroatoms. The number of aromatic nitrogens is 1. The van der Waals surface area contributed by atoms with Crippen molar-refractivity contribution in [3.63, 3.8) is 0 Å². The van der Waals surface area contributed by atoms with E-state index in [1.807, 2.05) is 0 Å². The molecule has 1 rings (SSSR count). The highest BCUT2D eigenvalue weighted by atomic mass is 32.2. The number of hydrogen-bond donors (Lipinski definition) is 2. The molecule has 0 aromatic carbocycles. The molecule has 20 heavy (non-hydrogen) atoms. The molecule has 0 atom stereocenters. The lowest BCUT2D eigenvalue weighted by Crippen LogP contribution is -2.28. The van der Waals surface area contributed by atoms with Crippen LogP contribution in [0.2, 0.25) is 0 Å². The Morgan fingerprint density at radius 2 is 1.70 bits per heavy atom. The van der Waals surface area contributed by atoms with Gasteiger partial charge in [-0.1, -0.05) is 0 Å². The van der Waals surface area contributed by atoms with Gasteiger partial charge in [-0.15, -0.1) is 0 Å². The summed E-state index contributed by atoms with van der Waals surface area (Å²) in [6.07, 6.45) is 0.830. The number of hydrogen-bond acceptors (Lipinski definition) is 6. The van der Waals surface area contributed by atoms with Crippen LogP contribution in [-0.4, -0.2) is 37.3 Å². The maximum absolute atomic E-state index is 12.0. The van der Waals surface area contributed by atoms with Gasteiger partial charge in [-0.3, -0.25) is 13.9 Å². The van der Waals surface area contributed by atoms with Crippen molar-refractivity contribution in [3.05, 3.63) is 21.5 Å². The van der Waals surface area contributed by atoms with Crippen LogP contribution in [0.4, 0.5) is 0 Å². The molecule has 0 aliphatic rings. The molecule has 0 bridgehead atoms. The van der Waals surface area contributed by atoms with Crippen LogP contribution in [0.25, 0.3) is 0 Å². The summed E-state index contributed by atoms with van der Waals surface area (Å²) in [6.45, 7) is 2.64. The molecule has 0 amide bonds. The molecule has 0 unspecified atom stereocenters. The van der Waals surface area contributed by atoms with Crippen LogP contribution < -0.4 is 5.56 Å². The summed E-state index contributed by atoms with van der Waals surface area (Å²) in [4.78, 5) is 11.5. The second kappa shape index (κ2) is 5.19. The Kier molecular flexibility index (Phi) is 4.32. The Hall–Kier alpha value is -1.39. The largest absolute Gasteiger partial charge is 0.493 e. The van der Waals surface area contributed by atoms with E-state index in [9.17, 15) is 26.7 Å². The summed E-state index contributed by atoms with van der Waals surface area (Å²) in [5.74, 6) is -1.75. The van der Waals surface area contributed by atoms with Gasteiger partial charge in [0, 0.05) is 18.4 Å². The Morgan fingerprint density at radius 1 is 1.20 bits per heavy atom. The minimum atomic E-state index is -4.51. The van der Waals surface area contributed by atoms with Gasteiger partial charge in [-0.2, -0.15) is 8.42 Å². The van der Waals surface area contributed by atoms with Crippen molar-refractivity contribution in [3.8, 4) is 5.88 Å². The molecule has 1 aromatic rings. The molecular formula is C10H15NO7S2. The Balaban J connectivity index is 3.93. The predicted octanol–water partition coefficient (Wildman–Crippen LogP) is -0.326. The third kappa shape index (κ3) is 3.19. The normalized spacial score (nSPS) is 12.6. The quantitative estimate of drug-likeness (QED) is 0.725. The van der Waals surface area contributed by atoms with Crippen molar-refractivity contribution >= 4 is 20.0 Å². The fourth-order valence-corrected chi connectivity index (χ4v) is 3.76. The van der Waals surface area contributed by atoms with Crippen LogP contribution >= 0.6 is 0 Å². The van der Waals surface area contributed by atoms with Gasteiger partial charge in [0.25, 0.3) is 15.7 Å². The summed E-state index contributed by atoms with van der Waals surface area (Å²) in [5.41, 5.74) is -1.42. The van der Waals surface area contributed by atoms with Crippen LogP contribution in [-0.2, 0) is 32.3 Å². The second-order valence-corrected chi connectivity index (χ2v) is 7.71. The highest BCUT2D eigenvalue weighted by Crippen LogP contribution is 2.27. The minimum Gasteiger partial charge on any atom is -0.493 e. The van der Waals surface area contributed by atoms with Gasteiger partial charge in [0.1, 0.15) is 10.6 Å². The summed E-state index contributed by atoms with van der Waals surface area (Å²) in [5, 5.41) is 9.88. The fraction of sp³-hybridized carbons (Fsp3) is 0.500. The topological polar surface area (TPSA) is 131 Å².